The van der Waals surface area contributed by atoms with Crippen LogP contribution >= 0.6 is 0 Å². The van der Waals surface area contributed by atoms with Gasteiger partial charge in [-0.25, -0.2) is 0 Å². The Morgan fingerprint density at radius 3 is 2.58 bits per heavy atom. The number of rotatable bonds is 6. The summed E-state index contributed by atoms with van der Waals surface area (Å²) < 4.78 is 11.2. The Kier molecular flexibility index (Phi) is 4.75. The second-order valence-electron chi connectivity index (χ2n) is 4.15. The minimum absolute atomic E-state index is 0.419. The minimum Gasteiger partial charge on any atom is -0.490 e. The van der Waals surface area contributed by atoms with Crippen molar-refractivity contribution in [2.75, 3.05) is 13.2 Å². The molecule has 0 unspecified atom stereocenters. The smallest absolute Gasteiger partial charge is 0.127 e. The van der Waals surface area contributed by atoms with Crippen molar-refractivity contribution in [3.63, 3.8) is 0 Å². The number of hydrogen-bond acceptors (Lipinski definition) is 4. The van der Waals surface area contributed by atoms with Gasteiger partial charge in [0.15, 0.2) is 0 Å². The average molecular weight is 258 g/mol. The van der Waals surface area contributed by atoms with Crippen molar-refractivity contribution < 1.29 is 9.47 Å². The monoisotopic (exact) mass is 258 g/mol. The van der Waals surface area contributed by atoms with E-state index in [-0.39, 0.29) is 0 Å². The molecule has 1 heterocycles. The SMILES string of the molecule is Cc1cc(OCCOc2ccccc2)c(CN)cn1. The summed E-state index contributed by atoms with van der Waals surface area (Å²) in [4.78, 5) is 4.20. The van der Waals surface area contributed by atoms with Gasteiger partial charge in [0.2, 0.25) is 0 Å². The van der Waals surface area contributed by atoms with Crippen LogP contribution in [0.3, 0.4) is 0 Å². The van der Waals surface area contributed by atoms with E-state index in [2.05, 4.69) is 4.98 Å². The summed E-state index contributed by atoms with van der Waals surface area (Å²) in [5, 5.41) is 0. The number of aryl methyl sites for hydroxylation is 1. The van der Waals surface area contributed by atoms with Gasteiger partial charge in [-0.1, -0.05) is 18.2 Å². The van der Waals surface area contributed by atoms with Gasteiger partial charge in [0.1, 0.15) is 24.7 Å². The molecule has 0 saturated heterocycles. The molecule has 0 radical (unpaired) electrons. The van der Waals surface area contributed by atoms with Gasteiger partial charge < -0.3 is 15.2 Å². The standard InChI is InChI=1S/C15H18N2O2/c1-12-9-15(13(10-16)11-17-12)19-8-7-18-14-5-3-2-4-6-14/h2-6,9,11H,7-8,10,16H2,1H3. The number of pyridine rings is 1. The van der Waals surface area contributed by atoms with Gasteiger partial charge in [0.25, 0.3) is 0 Å². The largest absolute Gasteiger partial charge is 0.490 e. The Balaban J connectivity index is 1.84. The zero-order valence-electron chi connectivity index (χ0n) is 11.0. The number of nitrogens with zero attached hydrogens (tertiary/aromatic N) is 1. The number of ether oxygens (including phenoxy) is 2. The first-order chi connectivity index (χ1) is 9.29. The lowest BCUT2D eigenvalue weighted by atomic mass is 10.2. The quantitative estimate of drug-likeness (QED) is 0.808. The first-order valence-electron chi connectivity index (χ1n) is 6.26. The van der Waals surface area contributed by atoms with Crippen molar-refractivity contribution in [2.24, 2.45) is 5.73 Å². The lowest BCUT2D eigenvalue weighted by Crippen LogP contribution is -2.11. The van der Waals surface area contributed by atoms with E-state index in [4.69, 9.17) is 15.2 Å². The van der Waals surface area contributed by atoms with Crippen LogP contribution in [0.15, 0.2) is 42.6 Å². The maximum Gasteiger partial charge on any atom is 0.127 e. The molecule has 2 aromatic rings. The zero-order valence-corrected chi connectivity index (χ0v) is 11.0. The summed E-state index contributed by atoms with van der Waals surface area (Å²) in [6.45, 7) is 3.32. The van der Waals surface area contributed by atoms with Gasteiger partial charge >= 0.3 is 0 Å². The molecule has 1 aromatic carbocycles. The fourth-order valence-corrected chi connectivity index (χ4v) is 1.68. The number of aromatic nitrogens is 1. The summed E-state index contributed by atoms with van der Waals surface area (Å²) in [7, 11) is 0. The van der Waals surface area contributed by atoms with Crippen molar-refractivity contribution >= 4 is 0 Å². The molecule has 0 amide bonds. The van der Waals surface area contributed by atoms with Crippen molar-refractivity contribution in [3.8, 4) is 11.5 Å². The van der Waals surface area contributed by atoms with E-state index < -0.39 is 0 Å². The lowest BCUT2D eigenvalue weighted by Gasteiger charge is -2.11. The third-order valence-corrected chi connectivity index (χ3v) is 2.65. The van der Waals surface area contributed by atoms with Crippen LogP contribution in [-0.4, -0.2) is 18.2 Å². The molecule has 0 aliphatic heterocycles. The van der Waals surface area contributed by atoms with Gasteiger partial charge in [-0.15, -0.1) is 0 Å². The highest BCUT2D eigenvalue weighted by molar-refractivity contribution is 5.32. The van der Waals surface area contributed by atoms with Crippen LogP contribution in [0.1, 0.15) is 11.3 Å². The predicted molar refractivity (Wildman–Crippen MR) is 74.3 cm³/mol. The van der Waals surface area contributed by atoms with Gasteiger partial charge in [-0.2, -0.15) is 0 Å². The van der Waals surface area contributed by atoms with Crippen molar-refractivity contribution in [2.45, 2.75) is 13.5 Å². The van der Waals surface area contributed by atoms with E-state index in [1.807, 2.05) is 43.3 Å². The van der Waals surface area contributed by atoms with Gasteiger partial charge in [-0.3, -0.25) is 4.98 Å². The average Bonchev–Trinajstić information content (AvgIpc) is 2.45. The summed E-state index contributed by atoms with van der Waals surface area (Å²) >= 11 is 0. The van der Waals surface area contributed by atoms with Crippen LogP contribution < -0.4 is 15.2 Å². The topological polar surface area (TPSA) is 57.4 Å². The van der Waals surface area contributed by atoms with Gasteiger partial charge in [0, 0.05) is 30.1 Å². The first-order valence-corrected chi connectivity index (χ1v) is 6.26. The van der Waals surface area contributed by atoms with Crippen molar-refractivity contribution in [1.82, 2.24) is 4.98 Å². The maximum atomic E-state index is 5.69. The highest BCUT2D eigenvalue weighted by atomic mass is 16.5. The summed E-state index contributed by atoms with van der Waals surface area (Å²) in [5.74, 6) is 1.63. The highest BCUT2D eigenvalue weighted by Crippen LogP contribution is 2.18. The number of para-hydroxylation sites is 1. The number of benzene rings is 1. The van der Waals surface area contributed by atoms with Crippen LogP contribution in [-0.2, 0) is 6.54 Å². The third-order valence-electron chi connectivity index (χ3n) is 2.65. The Bertz CT molecular complexity index is 515. The predicted octanol–water partition coefficient (Wildman–Crippen LogP) is 2.31. The zero-order chi connectivity index (χ0) is 13.5. The molecule has 2 N–H and O–H groups in total. The molecule has 0 fully saturated rings. The van der Waals surface area contributed by atoms with Crippen LogP contribution in [0.5, 0.6) is 11.5 Å². The van der Waals surface area contributed by atoms with Crippen LogP contribution in [0, 0.1) is 6.92 Å². The van der Waals surface area contributed by atoms with E-state index in [0.29, 0.717) is 19.8 Å². The van der Waals surface area contributed by atoms with E-state index >= 15 is 0 Å². The van der Waals surface area contributed by atoms with E-state index in [1.165, 1.54) is 0 Å². The Morgan fingerprint density at radius 1 is 1.11 bits per heavy atom. The van der Waals surface area contributed by atoms with Crippen LogP contribution in [0.2, 0.25) is 0 Å². The van der Waals surface area contributed by atoms with Crippen molar-refractivity contribution in [1.29, 1.82) is 0 Å². The molecule has 2 rings (SSSR count). The lowest BCUT2D eigenvalue weighted by molar-refractivity contribution is 0.215. The third kappa shape index (κ3) is 3.96. The maximum absolute atomic E-state index is 5.69. The van der Waals surface area contributed by atoms with E-state index in [1.54, 1.807) is 6.20 Å². The summed E-state index contributed by atoms with van der Waals surface area (Å²) in [5.41, 5.74) is 7.47. The summed E-state index contributed by atoms with van der Waals surface area (Å²) in [6, 6.07) is 11.6. The first kappa shape index (κ1) is 13.4. The minimum atomic E-state index is 0.419. The number of hydrogen-bond donors (Lipinski definition) is 1. The van der Waals surface area contributed by atoms with Crippen LogP contribution in [0.4, 0.5) is 0 Å². The van der Waals surface area contributed by atoms with Gasteiger partial charge in [0.05, 0.1) is 0 Å². The van der Waals surface area contributed by atoms with E-state index in [9.17, 15) is 0 Å². The molecular formula is C15H18N2O2. The molecule has 0 atom stereocenters. The molecule has 0 aliphatic carbocycles. The molecule has 1 aromatic heterocycles. The second-order valence-corrected chi connectivity index (χ2v) is 4.15. The molecule has 0 saturated carbocycles. The normalized spacial score (nSPS) is 10.2. The van der Waals surface area contributed by atoms with E-state index in [0.717, 1.165) is 22.8 Å². The molecule has 0 aliphatic rings. The summed E-state index contributed by atoms with van der Waals surface area (Å²) in [6.07, 6.45) is 1.75. The van der Waals surface area contributed by atoms with Crippen molar-refractivity contribution in [3.05, 3.63) is 53.9 Å². The Morgan fingerprint density at radius 2 is 1.84 bits per heavy atom. The Hall–Kier alpha value is -2.07. The molecule has 0 spiro atoms. The second kappa shape index (κ2) is 6.75. The highest BCUT2D eigenvalue weighted by Gasteiger charge is 2.03. The fraction of sp³-hybridized carbons (Fsp3) is 0.267. The molecule has 4 nitrogen and oxygen atoms in total. The molecule has 0 bridgehead atoms. The van der Waals surface area contributed by atoms with Crippen LogP contribution in [0.25, 0.3) is 0 Å². The van der Waals surface area contributed by atoms with Gasteiger partial charge in [-0.05, 0) is 19.1 Å². The molecule has 19 heavy (non-hydrogen) atoms. The molecule has 4 heteroatoms. The number of nitrogens with two attached hydrogens (primary N) is 1. The fourth-order valence-electron chi connectivity index (χ4n) is 1.68. The molecular weight excluding hydrogens is 240 g/mol. The molecule has 100 valence electrons. The Labute approximate surface area is 113 Å².